The average molecular weight is 229 g/mol. The molecule has 0 saturated carbocycles. The molecule has 0 bridgehead atoms. The fourth-order valence-corrected chi connectivity index (χ4v) is 1.07. The SMILES string of the molecule is COCCONCc1ccoc1C(=O)OC. The van der Waals surface area contributed by atoms with Gasteiger partial charge in [0.2, 0.25) is 5.76 Å². The van der Waals surface area contributed by atoms with Gasteiger partial charge in [0.05, 0.1) is 33.1 Å². The van der Waals surface area contributed by atoms with Crippen LogP contribution in [0.3, 0.4) is 0 Å². The smallest absolute Gasteiger partial charge is 0.374 e. The van der Waals surface area contributed by atoms with Gasteiger partial charge in [0.1, 0.15) is 0 Å². The zero-order valence-electron chi connectivity index (χ0n) is 9.32. The molecule has 0 radical (unpaired) electrons. The number of hydrogen-bond acceptors (Lipinski definition) is 6. The summed E-state index contributed by atoms with van der Waals surface area (Å²) in [5, 5.41) is 0. The van der Waals surface area contributed by atoms with E-state index in [1.165, 1.54) is 13.4 Å². The van der Waals surface area contributed by atoms with Crippen LogP contribution in [0.25, 0.3) is 0 Å². The maximum atomic E-state index is 11.2. The summed E-state index contributed by atoms with van der Waals surface area (Å²) in [6.07, 6.45) is 1.43. The lowest BCUT2D eigenvalue weighted by Gasteiger charge is -2.04. The monoisotopic (exact) mass is 229 g/mol. The first-order chi connectivity index (χ1) is 7.79. The van der Waals surface area contributed by atoms with E-state index in [1.807, 2.05) is 0 Å². The number of hydrogen-bond donors (Lipinski definition) is 1. The Labute approximate surface area is 93.4 Å². The van der Waals surface area contributed by atoms with Crippen molar-refractivity contribution in [3.63, 3.8) is 0 Å². The normalized spacial score (nSPS) is 10.4. The van der Waals surface area contributed by atoms with Crippen molar-refractivity contribution < 1.29 is 23.5 Å². The van der Waals surface area contributed by atoms with Gasteiger partial charge in [-0.05, 0) is 6.07 Å². The second-order valence-corrected chi connectivity index (χ2v) is 2.93. The van der Waals surface area contributed by atoms with E-state index in [9.17, 15) is 4.79 Å². The highest BCUT2D eigenvalue weighted by molar-refractivity contribution is 5.87. The van der Waals surface area contributed by atoms with E-state index in [4.69, 9.17) is 14.0 Å². The van der Waals surface area contributed by atoms with Crippen LogP contribution in [0.4, 0.5) is 0 Å². The maximum absolute atomic E-state index is 11.2. The van der Waals surface area contributed by atoms with Gasteiger partial charge in [-0.3, -0.25) is 4.84 Å². The minimum atomic E-state index is -0.501. The molecule has 1 aromatic heterocycles. The van der Waals surface area contributed by atoms with Gasteiger partial charge in [0.25, 0.3) is 0 Å². The lowest BCUT2D eigenvalue weighted by molar-refractivity contribution is 0.00315. The van der Waals surface area contributed by atoms with Crippen LogP contribution < -0.4 is 5.48 Å². The Morgan fingerprint density at radius 3 is 2.94 bits per heavy atom. The minimum Gasteiger partial charge on any atom is -0.463 e. The van der Waals surface area contributed by atoms with Crippen molar-refractivity contribution in [2.75, 3.05) is 27.4 Å². The highest BCUT2D eigenvalue weighted by Crippen LogP contribution is 2.11. The summed E-state index contributed by atoms with van der Waals surface area (Å²) in [6.45, 7) is 1.30. The molecule has 16 heavy (non-hydrogen) atoms. The van der Waals surface area contributed by atoms with Crippen LogP contribution in [0.15, 0.2) is 16.7 Å². The molecule has 0 fully saturated rings. The van der Waals surface area contributed by atoms with Crippen LogP contribution in [-0.2, 0) is 20.9 Å². The number of ether oxygens (including phenoxy) is 2. The van der Waals surface area contributed by atoms with E-state index in [2.05, 4.69) is 10.2 Å². The maximum Gasteiger partial charge on any atom is 0.374 e. The van der Waals surface area contributed by atoms with Crippen molar-refractivity contribution in [3.05, 3.63) is 23.7 Å². The van der Waals surface area contributed by atoms with E-state index < -0.39 is 5.97 Å². The topological polar surface area (TPSA) is 69.9 Å². The van der Waals surface area contributed by atoms with Crippen molar-refractivity contribution in [1.82, 2.24) is 5.48 Å². The van der Waals surface area contributed by atoms with Crippen molar-refractivity contribution in [2.24, 2.45) is 0 Å². The Bertz CT molecular complexity index is 323. The molecule has 0 unspecified atom stereocenters. The molecular formula is C10H15NO5. The molecule has 6 nitrogen and oxygen atoms in total. The lowest BCUT2D eigenvalue weighted by atomic mass is 10.2. The van der Waals surface area contributed by atoms with Crippen molar-refractivity contribution in [1.29, 1.82) is 0 Å². The molecule has 0 spiro atoms. The fraction of sp³-hybridized carbons (Fsp3) is 0.500. The first kappa shape index (κ1) is 12.7. The molecule has 0 aliphatic carbocycles. The summed E-state index contributed by atoms with van der Waals surface area (Å²) >= 11 is 0. The molecule has 0 aliphatic heterocycles. The summed E-state index contributed by atoms with van der Waals surface area (Å²) in [5.74, 6) is -0.316. The van der Waals surface area contributed by atoms with E-state index in [0.29, 0.717) is 25.3 Å². The third-order valence-corrected chi connectivity index (χ3v) is 1.87. The van der Waals surface area contributed by atoms with Crippen molar-refractivity contribution in [3.8, 4) is 0 Å². The van der Waals surface area contributed by atoms with Crippen LogP contribution in [0.1, 0.15) is 16.1 Å². The highest BCUT2D eigenvalue weighted by Gasteiger charge is 2.15. The summed E-state index contributed by atoms with van der Waals surface area (Å²) in [5.41, 5.74) is 3.38. The first-order valence-corrected chi connectivity index (χ1v) is 4.78. The molecule has 0 amide bonds. The number of hydroxylamine groups is 1. The fourth-order valence-electron chi connectivity index (χ4n) is 1.07. The molecule has 1 heterocycles. The second-order valence-electron chi connectivity index (χ2n) is 2.93. The number of rotatable bonds is 7. The predicted molar refractivity (Wildman–Crippen MR) is 54.7 cm³/mol. The van der Waals surface area contributed by atoms with Crippen LogP contribution in [0, 0.1) is 0 Å². The molecule has 1 aromatic rings. The van der Waals surface area contributed by atoms with Gasteiger partial charge in [0.15, 0.2) is 0 Å². The van der Waals surface area contributed by atoms with Gasteiger partial charge in [-0.1, -0.05) is 0 Å². The molecule has 0 aromatic carbocycles. The predicted octanol–water partition coefficient (Wildman–Crippen LogP) is 0.734. The molecule has 90 valence electrons. The number of furan rings is 1. The minimum absolute atomic E-state index is 0.186. The molecule has 0 atom stereocenters. The highest BCUT2D eigenvalue weighted by atomic mass is 16.7. The summed E-state index contributed by atoms with van der Waals surface area (Å²) in [4.78, 5) is 16.3. The Morgan fingerprint density at radius 1 is 1.44 bits per heavy atom. The standard InChI is InChI=1S/C10H15NO5/c1-13-5-6-16-11-7-8-3-4-15-9(8)10(12)14-2/h3-4,11H,5-7H2,1-2H3. The van der Waals surface area contributed by atoms with Crippen LogP contribution in [0.2, 0.25) is 0 Å². The molecule has 1 rings (SSSR count). The van der Waals surface area contributed by atoms with Crippen LogP contribution in [-0.4, -0.2) is 33.4 Å². The quantitative estimate of drug-likeness (QED) is 0.422. The third-order valence-electron chi connectivity index (χ3n) is 1.87. The van der Waals surface area contributed by atoms with Gasteiger partial charge in [-0.15, -0.1) is 0 Å². The molecule has 0 aliphatic rings. The van der Waals surface area contributed by atoms with E-state index >= 15 is 0 Å². The van der Waals surface area contributed by atoms with Gasteiger partial charge >= 0.3 is 5.97 Å². The number of esters is 1. The lowest BCUT2D eigenvalue weighted by Crippen LogP contribution is -2.18. The Balaban J connectivity index is 2.36. The van der Waals surface area contributed by atoms with Crippen LogP contribution >= 0.6 is 0 Å². The Hall–Kier alpha value is -1.37. The molecule has 6 heteroatoms. The molecule has 0 saturated heterocycles. The number of carbonyl (C=O) groups excluding carboxylic acids is 1. The zero-order valence-corrected chi connectivity index (χ0v) is 9.32. The Morgan fingerprint density at radius 2 is 2.25 bits per heavy atom. The van der Waals surface area contributed by atoms with E-state index in [-0.39, 0.29) is 5.76 Å². The molecular weight excluding hydrogens is 214 g/mol. The second kappa shape index (κ2) is 7.00. The van der Waals surface area contributed by atoms with E-state index in [0.717, 1.165) is 0 Å². The molecule has 1 N–H and O–H groups in total. The largest absolute Gasteiger partial charge is 0.463 e. The van der Waals surface area contributed by atoms with Crippen LogP contribution in [0.5, 0.6) is 0 Å². The van der Waals surface area contributed by atoms with Gasteiger partial charge < -0.3 is 13.9 Å². The van der Waals surface area contributed by atoms with Crippen molar-refractivity contribution in [2.45, 2.75) is 6.54 Å². The summed E-state index contributed by atoms with van der Waals surface area (Å²) in [7, 11) is 2.89. The average Bonchev–Trinajstić information content (AvgIpc) is 2.76. The van der Waals surface area contributed by atoms with Gasteiger partial charge in [0, 0.05) is 12.7 Å². The summed E-state index contributed by atoms with van der Waals surface area (Å²) in [6, 6.07) is 1.68. The number of methoxy groups -OCH3 is 2. The van der Waals surface area contributed by atoms with Gasteiger partial charge in [-0.25, -0.2) is 4.79 Å². The number of carbonyl (C=O) groups is 1. The zero-order chi connectivity index (χ0) is 11.8. The summed E-state index contributed by atoms with van der Waals surface area (Å²) < 4.78 is 14.4. The Kier molecular flexibility index (Phi) is 5.55. The van der Waals surface area contributed by atoms with E-state index in [1.54, 1.807) is 13.2 Å². The third kappa shape index (κ3) is 3.65. The van der Waals surface area contributed by atoms with Gasteiger partial charge in [-0.2, -0.15) is 5.48 Å². The first-order valence-electron chi connectivity index (χ1n) is 4.78. The number of nitrogens with one attached hydrogen (secondary N) is 1. The van der Waals surface area contributed by atoms with Crippen molar-refractivity contribution >= 4 is 5.97 Å².